The Hall–Kier alpha value is -2.04. The van der Waals surface area contributed by atoms with Gasteiger partial charge in [-0.3, -0.25) is 5.43 Å². The third-order valence-corrected chi connectivity index (χ3v) is 6.55. The number of rotatable bonds is 6. The Morgan fingerprint density at radius 3 is 2.57 bits per heavy atom. The van der Waals surface area contributed by atoms with Crippen LogP contribution in [0.5, 0.6) is 11.5 Å². The van der Waals surface area contributed by atoms with Gasteiger partial charge in [0.05, 0.1) is 30.6 Å². The summed E-state index contributed by atoms with van der Waals surface area (Å²) in [4.78, 5) is 4.32. The molecule has 1 aromatic heterocycles. The molecular formula is C18H13Br2F2N3O2S. The van der Waals surface area contributed by atoms with Gasteiger partial charge in [-0.25, -0.2) is 13.8 Å². The van der Waals surface area contributed by atoms with Crippen LogP contribution in [0.2, 0.25) is 0 Å². The SMILES string of the molecule is COc1cc(C=NNc2nc(-c3ccc(F)c(F)c3)cs2)c(Br)c(Br)c1OC. The molecule has 0 amide bonds. The monoisotopic (exact) mass is 531 g/mol. The number of ether oxygens (including phenoxy) is 2. The summed E-state index contributed by atoms with van der Waals surface area (Å²) in [6.07, 6.45) is 1.59. The van der Waals surface area contributed by atoms with Crippen LogP contribution in [-0.2, 0) is 0 Å². The number of nitrogens with zero attached hydrogens (tertiary/aromatic N) is 2. The highest BCUT2D eigenvalue weighted by Gasteiger charge is 2.15. The van der Waals surface area contributed by atoms with Crippen molar-refractivity contribution in [3.63, 3.8) is 0 Å². The third-order valence-electron chi connectivity index (χ3n) is 3.66. The number of aromatic nitrogens is 1. The zero-order valence-corrected chi connectivity index (χ0v) is 18.6. The molecule has 10 heteroatoms. The van der Waals surface area contributed by atoms with Crippen molar-refractivity contribution in [3.05, 3.63) is 55.8 Å². The van der Waals surface area contributed by atoms with E-state index in [2.05, 4.69) is 47.4 Å². The van der Waals surface area contributed by atoms with E-state index in [0.29, 0.717) is 32.4 Å². The Labute approximate surface area is 180 Å². The van der Waals surface area contributed by atoms with E-state index in [4.69, 9.17) is 9.47 Å². The summed E-state index contributed by atoms with van der Waals surface area (Å²) in [7, 11) is 3.10. The van der Waals surface area contributed by atoms with Gasteiger partial charge in [0.2, 0.25) is 5.13 Å². The van der Waals surface area contributed by atoms with Gasteiger partial charge in [-0.1, -0.05) is 0 Å². The minimum atomic E-state index is -0.915. The zero-order valence-electron chi connectivity index (χ0n) is 14.6. The second-order valence-electron chi connectivity index (χ2n) is 5.37. The maximum atomic E-state index is 13.4. The quantitative estimate of drug-likeness (QED) is 0.309. The van der Waals surface area contributed by atoms with Gasteiger partial charge in [0, 0.05) is 21.0 Å². The average molecular weight is 533 g/mol. The summed E-state index contributed by atoms with van der Waals surface area (Å²) in [6.45, 7) is 0. The average Bonchev–Trinajstić information content (AvgIpc) is 3.16. The minimum absolute atomic E-state index is 0.485. The second kappa shape index (κ2) is 8.97. The molecule has 1 heterocycles. The topological polar surface area (TPSA) is 55.7 Å². The first-order valence-electron chi connectivity index (χ1n) is 7.74. The van der Waals surface area contributed by atoms with Crippen molar-refractivity contribution in [3.8, 4) is 22.8 Å². The van der Waals surface area contributed by atoms with Crippen molar-refractivity contribution in [1.82, 2.24) is 4.98 Å². The zero-order chi connectivity index (χ0) is 20.3. The molecule has 0 unspecified atom stereocenters. The van der Waals surface area contributed by atoms with Gasteiger partial charge in [0.1, 0.15) is 0 Å². The van der Waals surface area contributed by atoms with Gasteiger partial charge in [0.25, 0.3) is 0 Å². The highest BCUT2D eigenvalue weighted by atomic mass is 79.9. The van der Waals surface area contributed by atoms with E-state index < -0.39 is 11.6 Å². The molecule has 1 N–H and O–H groups in total. The van der Waals surface area contributed by atoms with Gasteiger partial charge in [-0.15, -0.1) is 11.3 Å². The van der Waals surface area contributed by atoms with Crippen molar-refractivity contribution >= 4 is 54.5 Å². The smallest absolute Gasteiger partial charge is 0.203 e. The lowest BCUT2D eigenvalue weighted by molar-refractivity contribution is 0.353. The van der Waals surface area contributed by atoms with Crippen LogP contribution in [0.3, 0.4) is 0 Å². The standard InChI is InChI=1S/C18H13Br2F2N3O2S/c1-26-14-6-10(15(19)16(20)17(14)27-2)7-23-25-18-24-13(8-28-18)9-3-4-11(21)12(22)5-9/h3-8H,1-2H3,(H,24,25). The molecule has 0 fully saturated rings. The molecule has 3 rings (SSSR count). The van der Waals surface area contributed by atoms with E-state index in [0.717, 1.165) is 22.2 Å². The fraction of sp³-hybridized carbons (Fsp3) is 0.111. The molecule has 3 aromatic rings. The van der Waals surface area contributed by atoms with Crippen LogP contribution in [0.15, 0.2) is 43.7 Å². The van der Waals surface area contributed by atoms with Crippen LogP contribution in [0.4, 0.5) is 13.9 Å². The lowest BCUT2D eigenvalue weighted by atomic mass is 10.2. The maximum absolute atomic E-state index is 13.4. The highest BCUT2D eigenvalue weighted by Crippen LogP contribution is 2.42. The van der Waals surface area contributed by atoms with Crippen molar-refractivity contribution in [2.75, 3.05) is 19.6 Å². The van der Waals surface area contributed by atoms with Crippen molar-refractivity contribution in [1.29, 1.82) is 0 Å². The van der Waals surface area contributed by atoms with E-state index in [9.17, 15) is 8.78 Å². The number of methoxy groups -OCH3 is 2. The first kappa shape index (κ1) is 20.7. The van der Waals surface area contributed by atoms with Crippen molar-refractivity contribution in [2.24, 2.45) is 5.10 Å². The molecule has 0 saturated heterocycles. The fourth-order valence-electron chi connectivity index (χ4n) is 2.31. The fourth-order valence-corrected chi connectivity index (χ4v) is 3.96. The van der Waals surface area contributed by atoms with Gasteiger partial charge >= 0.3 is 0 Å². The first-order valence-corrected chi connectivity index (χ1v) is 10.2. The van der Waals surface area contributed by atoms with E-state index in [-0.39, 0.29) is 0 Å². The van der Waals surface area contributed by atoms with Crippen LogP contribution in [0.25, 0.3) is 11.3 Å². The van der Waals surface area contributed by atoms with Crippen LogP contribution >= 0.6 is 43.2 Å². The number of anilines is 1. The molecule has 0 radical (unpaired) electrons. The third kappa shape index (κ3) is 4.34. The summed E-state index contributed by atoms with van der Waals surface area (Å²) in [5.74, 6) is -0.694. The summed E-state index contributed by atoms with van der Waals surface area (Å²) in [5, 5.41) is 6.41. The van der Waals surface area contributed by atoms with Gasteiger partial charge in [0.15, 0.2) is 23.1 Å². The highest BCUT2D eigenvalue weighted by molar-refractivity contribution is 9.13. The minimum Gasteiger partial charge on any atom is -0.493 e. The van der Waals surface area contributed by atoms with Gasteiger partial charge in [-0.05, 0) is 56.1 Å². The predicted octanol–water partition coefficient (Wildman–Crippen LogP) is 6.08. The Balaban J connectivity index is 1.78. The molecule has 146 valence electrons. The summed E-state index contributed by atoms with van der Waals surface area (Å²) < 4.78 is 38.5. The van der Waals surface area contributed by atoms with E-state index in [1.165, 1.54) is 17.4 Å². The lowest BCUT2D eigenvalue weighted by Crippen LogP contribution is -1.97. The molecule has 0 aliphatic carbocycles. The number of hydrogen-bond acceptors (Lipinski definition) is 6. The van der Waals surface area contributed by atoms with Gasteiger partial charge in [-0.2, -0.15) is 5.10 Å². The number of hydrogen-bond donors (Lipinski definition) is 1. The van der Waals surface area contributed by atoms with Crippen LogP contribution in [0, 0.1) is 11.6 Å². The molecule has 0 atom stereocenters. The number of hydrazone groups is 1. The van der Waals surface area contributed by atoms with E-state index in [1.807, 2.05) is 0 Å². The molecule has 0 saturated carbocycles. The molecule has 5 nitrogen and oxygen atoms in total. The summed E-state index contributed by atoms with van der Waals surface area (Å²) in [6, 6.07) is 5.42. The maximum Gasteiger partial charge on any atom is 0.203 e. The van der Waals surface area contributed by atoms with Gasteiger partial charge < -0.3 is 9.47 Å². The summed E-state index contributed by atoms with van der Waals surface area (Å²) >= 11 is 8.24. The Morgan fingerprint density at radius 2 is 1.89 bits per heavy atom. The molecule has 0 bridgehead atoms. The second-order valence-corrected chi connectivity index (χ2v) is 7.81. The predicted molar refractivity (Wildman–Crippen MR) is 114 cm³/mol. The molecular weight excluding hydrogens is 520 g/mol. The number of nitrogens with one attached hydrogen (secondary N) is 1. The van der Waals surface area contributed by atoms with E-state index >= 15 is 0 Å². The number of thiazole rings is 1. The number of halogens is 4. The molecule has 0 aliphatic heterocycles. The Morgan fingerprint density at radius 1 is 1.11 bits per heavy atom. The number of benzene rings is 2. The van der Waals surface area contributed by atoms with E-state index in [1.54, 1.807) is 31.9 Å². The Bertz CT molecular complexity index is 1040. The van der Waals surface area contributed by atoms with Crippen molar-refractivity contribution < 1.29 is 18.3 Å². The first-order chi connectivity index (χ1) is 13.4. The molecule has 0 spiro atoms. The Kier molecular flexibility index (Phi) is 6.63. The molecule has 2 aromatic carbocycles. The molecule has 28 heavy (non-hydrogen) atoms. The lowest BCUT2D eigenvalue weighted by Gasteiger charge is -2.12. The summed E-state index contributed by atoms with van der Waals surface area (Å²) in [5.41, 5.74) is 4.58. The molecule has 0 aliphatic rings. The van der Waals surface area contributed by atoms with Crippen molar-refractivity contribution in [2.45, 2.75) is 0 Å². The largest absolute Gasteiger partial charge is 0.493 e. The van der Waals surface area contributed by atoms with Crippen LogP contribution in [0.1, 0.15) is 5.56 Å². The van der Waals surface area contributed by atoms with Crippen LogP contribution in [-0.4, -0.2) is 25.4 Å². The normalized spacial score (nSPS) is 11.1. The van der Waals surface area contributed by atoms with Crippen LogP contribution < -0.4 is 14.9 Å².